The van der Waals surface area contributed by atoms with Crippen molar-refractivity contribution in [3.63, 3.8) is 0 Å². The Morgan fingerprint density at radius 1 is 1.48 bits per heavy atom. The molecule has 0 radical (unpaired) electrons. The summed E-state index contributed by atoms with van der Waals surface area (Å²) in [5.41, 5.74) is 3.53. The molecule has 0 fully saturated rings. The van der Waals surface area contributed by atoms with E-state index in [0.29, 0.717) is 12.1 Å². The maximum Gasteiger partial charge on any atom is 0.416 e. The fraction of sp³-hybridized carbons (Fsp3) is 0.250. The molecule has 0 aromatic heterocycles. The number of nitro groups is 1. The van der Waals surface area contributed by atoms with E-state index in [4.69, 9.17) is 5.73 Å². The fourth-order valence-electron chi connectivity index (χ4n) is 1.56. The number of halogens is 3. The van der Waals surface area contributed by atoms with E-state index in [9.17, 15) is 28.1 Å². The van der Waals surface area contributed by atoms with Crippen LogP contribution in [0.15, 0.2) is 30.0 Å². The number of alkyl halides is 3. The Kier molecular flexibility index (Phi) is 4.90. The molecule has 1 aromatic rings. The number of carbonyl (C=O) groups excluding carboxylic acids is 1. The second-order valence-corrected chi connectivity index (χ2v) is 4.02. The summed E-state index contributed by atoms with van der Waals surface area (Å²) in [6, 6.07) is 2.00. The topological polar surface area (TPSA) is 95.5 Å². The van der Waals surface area contributed by atoms with Gasteiger partial charge in [0.1, 0.15) is 0 Å². The lowest BCUT2D eigenvalue weighted by molar-refractivity contribution is -0.385. The molecule has 21 heavy (non-hydrogen) atoms. The quantitative estimate of drug-likeness (QED) is 0.398. The van der Waals surface area contributed by atoms with Crippen LogP contribution in [-0.4, -0.2) is 18.0 Å². The molecule has 0 saturated carbocycles. The second-order valence-electron chi connectivity index (χ2n) is 4.02. The van der Waals surface area contributed by atoms with Crippen molar-refractivity contribution in [2.75, 3.05) is 7.11 Å². The standard InChI is InChI=1S/C12H11F3N2O4/c1-21-11(18)6-9(16)5-7-4-8(12(13,14)15)2-3-10(7)17(19)20/h2-4,6H,5,16H2,1H3. The zero-order valence-electron chi connectivity index (χ0n) is 10.8. The zero-order valence-corrected chi connectivity index (χ0v) is 10.8. The van der Waals surface area contributed by atoms with Crippen molar-refractivity contribution in [2.45, 2.75) is 12.6 Å². The minimum atomic E-state index is -4.63. The van der Waals surface area contributed by atoms with Gasteiger partial charge in [-0.05, 0) is 12.1 Å². The molecule has 0 unspecified atom stereocenters. The highest BCUT2D eigenvalue weighted by atomic mass is 19.4. The Hall–Kier alpha value is -2.58. The normalized spacial score (nSPS) is 12.1. The number of hydrogen-bond acceptors (Lipinski definition) is 5. The van der Waals surface area contributed by atoms with Crippen molar-refractivity contribution in [1.29, 1.82) is 0 Å². The Morgan fingerprint density at radius 3 is 2.57 bits per heavy atom. The molecule has 0 aliphatic heterocycles. The fourth-order valence-corrected chi connectivity index (χ4v) is 1.56. The van der Waals surface area contributed by atoms with E-state index in [2.05, 4.69) is 4.74 Å². The first-order valence-electron chi connectivity index (χ1n) is 5.53. The van der Waals surface area contributed by atoms with Crippen molar-refractivity contribution < 1.29 is 27.6 Å². The predicted molar refractivity (Wildman–Crippen MR) is 66.1 cm³/mol. The third-order valence-electron chi connectivity index (χ3n) is 2.50. The minimum absolute atomic E-state index is 0.149. The average molecular weight is 304 g/mol. The summed E-state index contributed by atoms with van der Waals surface area (Å²) in [6.07, 6.45) is -4.16. The summed E-state index contributed by atoms with van der Waals surface area (Å²) in [6.45, 7) is 0. The lowest BCUT2D eigenvalue weighted by Crippen LogP contribution is -2.10. The maximum atomic E-state index is 12.6. The summed E-state index contributed by atoms with van der Waals surface area (Å²) < 4.78 is 42.1. The number of ether oxygens (including phenoxy) is 1. The molecule has 0 bridgehead atoms. The van der Waals surface area contributed by atoms with Crippen molar-refractivity contribution in [2.24, 2.45) is 5.73 Å². The molecule has 114 valence electrons. The molecule has 0 aliphatic carbocycles. The Morgan fingerprint density at radius 2 is 2.10 bits per heavy atom. The van der Waals surface area contributed by atoms with E-state index >= 15 is 0 Å². The molecule has 6 nitrogen and oxygen atoms in total. The number of rotatable bonds is 4. The summed E-state index contributed by atoms with van der Waals surface area (Å²) in [4.78, 5) is 21.0. The van der Waals surface area contributed by atoms with Gasteiger partial charge in [0.25, 0.3) is 5.69 Å². The highest BCUT2D eigenvalue weighted by Gasteiger charge is 2.32. The average Bonchev–Trinajstić information content (AvgIpc) is 2.36. The molecule has 0 saturated heterocycles. The number of nitrogens with two attached hydrogens (primary N) is 1. The van der Waals surface area contributed by atoms with Crippen LogP contribution in [0.4, 0.5) is 18.9 Å². The van der Waals surface area contributed by atoms with Gasteiger partial charge in [-0.1, -0.05) is 0 Å². The number of carbonyl (C=O) groups is 1. The van der Waals surface area contributed by atoms with Gasteiger partial charge >= 0.3 is 12.1 Å². The van der Waals surface area contributed by atoms with E-state index in [0.717, 1.165) is 19.3 Å². The highest BCUT2D eigenvalue weighted by Crippen LogP contribution is 2.33. The van der Waals surface area contributed by atoms with Gasteiger partial charge in [-0.25, -0.2) is 4.79 Å². The van der Waals surface area contributed by atoms with E-state index in [1.807, 2.05) is 0 Å². The lowest BCUT2D eigenvalue weighted by atomic mass is 10.0. The molecule has 1 rings (SSSR count). The second kappa shape index (κ2) is 6.25. The number of methoxy groups -OCH3 is 1. The van der Waals surface area contributed by atoms with Crippen molar-refractivity contribution >= 4 is 11.7 Å². The number of nitrogens with zero attached hydrogens (tertiary/aromatic N) is 1. The molecule has 9 heteroatoms. The summed E-state index contributed by atoms with van der Waals surface area (Å²) in [7, 11) is 1.10. The third-order valence-corrected chi connectivity index (χ3v) is 2.50. The van der Waals surface area contributed by atoms with Crippen LogP contribution in [0.25, 0.3) is 0 Å². The summed E-state index contributed by atoms with van der Waals surface area (Å²) in [5, 5.41) is 10.8. The van der Waals surface area contributed by atoms with Crippen LogP contribution in [0.1, 0.15) is 11.1 Å². The first-order chi connectivity index (χ1) is 9.65. The van der Waals surface area contributed by atoms with Crippen molar-refractivity contribution in [1.82, 2.24) is 0 Å². The van der Waals surface area contributed by atoms with Crippen LogP contribution in [0, 0.1) is 10.1 Å². The Balaban J connectivity index is 3.22. The van der Waals surface area contributed by atoms with Gasteiger partial charge in [0.2, 0.25) is 0 Å². The molecular formula is C12H11F3N2O4. The van der Waals surface area contributed by atoms with Gasteiger partial charge in [-0.3, -0.25) is 10.1 Å². The number of benzene rings is 1. The molecule has 2 N–H and O–H groups in total. The lowest BCUT2D eigenvalue weighted by Gasteiger charge is -2.09. The Labute approximate surface area is 117 Å². The predicted octanol–water partition coefficient (Wildman–Crippen LogP) is 2.17. The molecule has 0 aliphatic rings. The molecule has 0 atom stereocenters. The largest absolute Gasteiger partial charge is 0.466 e. The maximum absolute atomic E-state index is 12.6. The molecule has 0 amide bonds. The monoisotopic (exact) mass is 304 g/mol. The SMILES string of the molecule is COC(=O)C=C(N)Cc1cc(C(F)(F)F)ccc1[N+](=O)[O-]. The van der Waals surface area contributed by atoms with E-state index in [1.54, 1.807) is 0 Å². The van der Waals surface area contributed by atoms with Crippen LogP contribution >= 0.6 is 0 Å². The number of esters is 1. The van der Waals surface area contributed by atoms with E-state index < -0.39 is 28.3 Å². The summed E-state index contributed by atoms with van der Waals surface area (Å²) >= 11 is 0. The first-order valence-corrected chi connectivity index (χ1v) is 5.53. The van der Waals surface area contributed by atoms with Crippen LogP contribution in [0.5, 0.6) is 0 Å². The van der Waals surface area contributed by atoms with Gasteiger partial charge in [-0.2, -0.15) is 13.2 Å². The van der Waals surface area contributed by atoms with Crippen molar-refractivity contribution in [3.05, 3.63) is 51.2 Å². The molecular weight excluding hydrogens is 293 g/mol. The van der Waals surface area contributed by atoms with E-state index in [1.165, 1.54) is 0 Å². The first kappa shape index (κ1) is 16.5. The number of nitro benzene ring substituents is 1. The zero-order chi connectivity index (χ0) is 16.2. The van der Waals surface area contributed by atoms with Gasteiger partial charge in [0.05, 0.1) is 17.6 Å². The van der Waals surface area contributed by atoms with E-state index in [-0.39, 0.29) is 17.7 Å². The summed E-state index contributed by atoms with van der Waals surface area (Å²) in [5.74, 6) is -0.804. The molecule has 0 spiro atoms. The van der Waals surface area contributed by atoms with Gasteiger partial charge in [0.15, 0.2) is 0 Å². The van der Waals surface area contributed by atoms with Gasteiger partial charge in [-0.15, -0.1) is 0 Å². The minimum Gasteiger partial charge on any atom is -0.466 e. The third kappa shape index (κ3) is 4.48. The smallest absolute Gasteiger partial charge is 0.416 e. The molecule has 0 heterocycles. The number of allylic oxidation sites excluding steroid dienone is 1. The van der Waals surface area contributed by atoms with Crippen LogP contribution in [0.3, 0.4) is 0 Å². The molecule has 1 aromatic carbocycles. The number of hydrogen-bond donors (Lipinski definition) is 1. The highest BCUT2D eigenvalue weighted by molar-refractivity contribution is 5.82. The van der Waals surface area contributed by atoms with Crippen molar-refractivity contribution in [3.8, 4) is 0 Å². The van der Waals surface area contributed by atoms with Gasteiger partial charge < -0.3 is 10.5 Å². The van der Waals surface area contributed by atoms with Crippen LogP contribution in [0.2, 0.25) is 0 Å². The van der Waals surface area contributed by atoms with Crippen LogP contribution < -0.4 is 5.73 Å². The van der Waals surface area contributed by atoms with Crippen LogP contribution in [-0.2, 0) is 22.1 Å². The van der Waals surface area contributed by atoms with Gasteiger partial charge in [0, 0.05) is 29.8 Å². The Bertz CT molecular complexity index is 597.